The molecule has 0 spiro atoms. The van der Waals surface area contributed by atoms with Crippen molar-refractivity contribution in [1.82, 2.24) is 4.31 Å². The first-order valence-corrected chi connectivity index (χ1v) is 11.4. The highest BCUT2D eigenvalue weighted by molar-refractivity contribution is 7.89. The van der Waals surface area contributed by atoms with E-state index < -0.39 is 14.9 Å². The van der Waals surface area contributed by atoms with Crippen LogP contribution in [0.1, 0.15) is 25.7 Å². The summed E-state index contributed by atoms with van der Waals surface area (Å²) in [7, 11) is -3.81. The van der Waals surface area contributed by atoms with Crippen LogP contribution in [-0.4, -0.2) is 43.2 Å². The summed E-state index contributed by atoms with van der Waals surface area (Å²) in [6.07, 6.45) is 3.50. The average molecular weight is 446 g/mol. The van der Waals surface area contributed by atoms with Gasteiger partial charge < -0.3 is 15.4 Å². The lowest BCUT2D eigenvalue weighted by molar-refractivity contribution is -0.384. The van der Waals surface area contributed by atoms with E-state index in [2.05, 4.69) is 10.6 Å². The molecular formula is C20H22N4O6S. The third kappa shape index (κ3) is 4.47. The number of sulfonamides is 1. The summed E-state index contributed by atoms with van der Waals surface area (Å²) in [4.78, 5) is 22.5. The van der Waals surface area contributed by atoms with E-state index in [9.17, 15) is 23.3 Å². The molecule has 1 fully saturated rings. The van der Waals surface area contributed by atoms with Crippen molar-refractivity contribution in [2.75, 3.05) is 30.3 Å². The quantitative estimate of drug-likeness (QED) is 0.532. The monoisotopic (exact) mass is 446 g/mol. The van der Waals surface area contributed by atoms with Gasteiger partial charge in [0.1, 0.15) is 11.4 Å². The summed E-state index contributed by atoms with van der Waals surface area (Å²) in [5.41, 5.74) is 0.719. The van der Waals surface area contributed by atoms with Crippen LogP contribution in [-0.2, 0) is 14.8 Å². The molecule has 0 radical (unpaired) electrons. The summed E-state index contributed by atoms with van der Waals surface area (Å²) in [6, 6.07) is 8.74. The summed E-state index contributed by atoms with van der Waals surface area (Å²) < 4.78 is 32.7. The summed E-state index contributed by atoms with van der Waals surface area (Å²) in [5, 5.41) is 17.3. The number of nitrogens with one attached hydrogen (secondary N) is 2. The summed E-state index contributed by atoms with van der Waals surface area (Å²) in [6.45, 7) is 0.760. The third-order valence-corrected chi connectivity index (χ3v) is 7.15. The molecule has 11 heteroatoms. The van der Waals surface area contributed by atoms with Crippen LogP contribution in [0.2, 0.25) is 0 Å². The van der Waals surface area contributed by atoms with Gasteiger partial charge in [-0.15, -0.1) is 0 Å². The molecule has 0 aromatic heterocycles. The molecule has 0 aliphatic carbocycles. The highest BCUT2D eigenvalue weighted by Gasteiger charge is 2.28. The molecule has 1 saturated heterocycles. The first-order chi connectivity index (χ1) is 14.8. The normalized spacial score (nSPS) is 17.1. The van der Waals surface area contributed by atoms with Crippen molar-refractivity contribution < 1.29 is 22.9 Å². The van der Waals surface area contributed by atoms with Gasteiger partial charge in [-0.25, -0.2) is 8.42 Å². The average Bonchev–Trinajstić information content (AvgIpc) is 3.03. The number of carbonyl (C=O) groups is 1. The Morgan fingerprint density at radius 3 is 2.52 bits per heavy atom. The summed E-state index contributed by atoms with van der Waals surface area (Å²) in [5.74, 6) is 0.206. The highest BCUT2D eigenvalue weighted by Crippen LogP contribution is 2.35. The zero-order chi connectivity index (χ0) is 22.0. The minimum absolute atomic E-state index is 0.0712. The number of fused-ring (bicyclic) bond motifs is 1. The molecule has 2 aromatic rings. The maximum absolute atomic E-state index is 13.0. The Bertz CT molecular complexity index is 1130. The second-order valence-electron chi connectivity index (χ2n) is 7.43. The van der Waals surface area contributed by atoms with Crippen molar-refractivity contribution in [3.8, 4) is 5.75 Å². The fourth-order valence-corrected chi connectivity index (χ4v) is 5.21. The fourth-order valence-electron chi connectivity index (χ4n) is 3.68. The molecule has 0 atom stereocenters. The molecule has 10 nitrogen and oxygen atoms in total. The van der Waals surface area contributed by atoms with E-state index in [-0.39, 0.29) is 28.8 Å². The van der Waals surface area contributed by atoms with Gasteiger partial charge in [0.25, 0.3) is 11.6 Å². The molecule has 31 heavy (non-hydrogen) atoms. The number of nitro groups is 1. The van der Waals surface area contributed by atoms with Crippen LogP contribution in [0.15, 0.2) is 41.3 Å². The highest BCUT2D eigenvalue weighted by atomic mass is 32.2. The van der Waals surface area contributed by atoms with E-state index in [0.29, 0.717) is 30.2 Å². The Balaban J connectivity index is 1.63. The first-order valence-electron chi connectivity index (χ1n) is 9.97. The van der Waals surface area contributed by atoms with Crippen molar-refractivity contribution in [3.05, 3.63) is 46.5 Å². The van der Waals surface area contributed by atoms with Gasteiger partial charge in [-0.1, -0.05) is 12.8 Å². The molecular weight excluding hydrogens is 424 g/mol. The number of carbonyl (C=O) groups excluding carboxylic acids is 1. The third-order valence-electron chi connectivity index (χ3n) is 5.26. The number of benzene rings is 2. The van der Waals surface area contributed by atoms with Gasteiger partial charge in [0, 0.05) is 24.8 Å². The Labute approximate surface area is 179 Å². The van der Waals surface area contributed by atoms with E-state index in [0.717, 1.165) is 31.7 Å². The molecule has 2 aliphatic heterocycles. The minimum Gasteiger partial charge on any atom is -0.482 e. The Kier molecular flexibility index (Phi) is 5.79. The van der Waals surface area contributed by atoms with Crippen molar-refractivity contribution >= 4 is 38.7 Å². The smallest absolute Gasteiger partial charge is 0.294 e. The van der Waals surface area contributed by atoms with Crippen LogP contribution in [0, 0.1) is 10.1 Å². The van der Waals surface area contributed by atoms with Crippen LogP contribution >= 0.6 is 0 Å². The molecule has 164 valence electrons. The predicted octanol–water partition coefficient (Wildman–Crippen LogP) is 3.23. The fraction of sp³-hybridized carbons (Fsp3) is 0.350. The van der Waals surface area contributed by atoms with Gasteiger partial charge >= 0.3 is 0 Å². The summed E-state index contributed by atoms with van der Waals surface area (Å²) >= 11 is 0. The largest absolute Gasteiger partial charge is 0.482 e. The van der Waals surface area contributed by atoms with E-state index in [1.54, 1.807) is 18.2 Å². The van der Waals surface area contributed by atoms with Crippen LogP contribution in [0.5, 0.6) is 5.75 Å². The minimum atomic E-state index is -3.81. The predicted molar refractivity (Wildman–Crippen MR) is 114 cm³/mol. The number of nitro benzene ring substituents is 1. The van der Waals surface area contributed by atoms with Gasteiger partial charge in [-0.05, 0) is 43.2 Å². The lowest BCUT2D eigenvalue weighted by Gasteiger charge is -2.20. The van der Waals surface area contributed by atoms with Gasteiger partial charge in [0.15, 0.2) is 6.61 Å². The number of amides is 1. The molecule has 0 unspecified atom stereocenters. The molecule has 1 amide bonds. The zero-order valence-corrected chi connectivity index (χ0v) is 17.5. The Morgan fingerprint density at radius 2 is 1.81 bits per heavy atom. The molecule has 0 bridgehead atoms. The van der Waals surface area contributed by atoms with Crippen molar-refractivity contribution in [2.45, 2.75) is 30.6 Å². The first kappa shape index (κ1) is 21.1. The van der Waals surface area contributed by atoms with Crippen molar-refractivity contribution in [2.24, 2.45) is 0 Å². The molecule has 2 aromatic carbocycles. The topological polar surface area (TPSA) is 131 Å². The van der Waals surface area contributed by atoms with Crippen LogP contribution in [0.25, 0.3) is 0 Å². The van der Waals surface area contributed by atoms with Gasteiger partial charge in [0.05, 0.1) is 15.5 Å². The van der Waals surface area contributed by atoms with E-state index in [4.69, 9.17) is 4.74 Å². The van der Waals surface area contributed by atoms with Gasteiger partial charge in [0.2, 0.25) is 10.0 Å². The number of ether oxygens (including phenoxy) is 1. The SMILES string of the molecule is O=C1COc2ccc(Nc3ccc(S(=O)(=O)N4CCCCCC4)cc3[N+](=O)[O-])cc2N1. The zero-order valence-electron chi connectivity index (χ0n) is 16.7. The van der Waals surface area contributed by atoms with Crippen LogP contribution < -0.4 is 15.4 Å². The van der Waals surface area contributed by atoms with Crippen LogP contribution in [0.4, 0.5) is 22.7 Å². The maximum atomic E-state index is 13.0. The molecule has 2 heterocycles. The maximum Gasteiger partial charge on any atom is 0.294 e. The number of hydrogen-bond donors (Lipinski definition) is 2. The number of anilines is 3. The standard InChI is InChI=1S/C20H22N4O6S/c25-20-13-30-19-8-5-14(11-17(19)22-20)21-16-7-6-15(12-18(16)24(26)27)31(28,29)23-9-3-1-2-4-10-23/h5-8,11-12,21H,1-4,9-10,13H2,(H,22,25). The number of rotatable bonds is 5. The molecule has 4 rings (SSSR count). The molecule has 0 saturated carbocycles. The van der Waals surface area contributed by atoms with Crippen molar-refractivity contribution in [1.29, 1.82) is 0 Å². The lowest BCUT2D eigenvalue weighted by Crippen LogP contribution is -2.32. The van der Waals surface area contributed by atoms with Crippen LogP contribution in [0.3, 0.4) is 0 Å². The Morgan fingerprint density at radius 1 is 1.06 bits per heavy atom. The number of hydrogen-bond acceptors (Lipinski definition) is 7. The van der Waals surface area contributed by atoms with E-state index in [1.165, 1.54) is 16.4 Å². The number of nitrogens with zero attached hydrogens (tertiary/aromatic N) is 2. The van der Waals surface area contributed by atoms with E-state index >= 15 is 0 Å². The second-order valence-corrected chi connectivity index (χ2v) is 9.37. The lowest BCUT2D eigenvalue weighted by atomic mass is 10.2. The van der Waals surface area contributed by atoms with E-state index in [1.807, 2.05) is 0 Å². The molecule has 2 aliphatic rings. The van der Waals surface area contributed by atoms with Gasteiger partial charge in [-0.2, -0.15) is 4.31 Å². The van der Waals surface area contributed by atoms with Crippen molar-refractivity contribution in [3.63, 3.8) is 0 Å². The second kappa shape index (κ2) is 8.52. The Hall–Kier alpha value is -3.18. The van der Waals surface area contributed by atoms with Gasteiger partial charge in [-0.3, -0.25) is 14.9 Å². The molecule has 2 N–H and O–H groups in total.